The van der Waals surface area contributed by atoms with Crippen molar-refractivity contribution in [2.75, 3.05) is 7.11 Å². The van der Waals surface area contributed by atoms with E-state index in [0.717, 1.165) is 5.56 Å². The summed E-state index contributed by atoms with van der Waals surface area (Å²) < 4.78 is 37.7. The summed E-state index contributed by atoms with van der Waals surface area (Å²) in [6.45, 7) is 1.76. The molecule has 0 saturated carbocycles. The summed E-state index contributed by atoms with van der Waals surface area (Å²) in [5, 5.41) is 7.33. The molecule has 0 bridgehead atoms. The molecule has 1 atom stereocenters. The highest BCUT2D eigenvalue weighted by Crippen LogP contribution is 2.24. The first kappa shape index (κ1) is 15.4. The zero-order valence-electron chi connectivity index (χ0n) is 12.6. The number of hydrogen-bond acceptors (Lipinski definition) is 6. The van der Waals surface area contributed by atoms with Crippen molar-refractivity contribution in [1.82, 2.24) is 15.0 Å². The van der Waals surface area contributed by atoms with Crippen LogP contribution in [0.1, 0.15) is 18.5 Å². The van der Waals surface area contributed by atoms with Gasteiger partial charge in [-0.05, 0) is 47.1 Å². The highest BCUT2D eigenvalue weighted by molar-refractivity contribution is 7.89. The second-order valence-corrected chi connectivity index (χ2v) is 6.69. The van der Waals surface area contributed by atoms with Crippen LogP contribution in [0.2, 0.25) is 0 Å². The van der Waals surface area contributed by atoms with E-state index in [1.54, 1.807) is 44.4 Å². The lowest BCUT2D eigenvalue weighted by molar-refractivity contribution is 0.315. The summed E-state index contributed by atoms with van der Waals surface area (Å²) >= 11 is 0. The van der Waals surface area contributed by atoms with E-state index < -0.39 is 16.1 Å². The molecular weight excluding hydrogens is 318 g/mol. The Morgan fingerprint density at radius 1 is 1.17 bits per heavy atom. The molecule has 0 unspecified atom stereocenters. The lowest BCUT2D eigenvalue weighted by Crippen LogP contribution is -2.27. The van der Waals surface area contributed by atoms with Crippen LogP contribution in [0.15, 0.2) is 52.0 Å². The number of ether oxygens (including phenoxy) is 1. The molecule has 1 aromatic heterocycles. The van der Waals surface area contributed by atoms with Crippen molar-refractivity contribution in [2.24, 2.45) is 0 Å². The molecule has 2 aromatic carbocycles. The topological polar surface area (TPSA) is 94.3 Å². The molecule has 3 aromatic rings. The predicted molar refractivity (Wildman–Crippen MR) is 83.5 cm³/mol. The Morgan fingerprint density at radius 2 is 1.96 bits per heavy atom. The lowest BCUT2D eigenvalue weighted by atomic mass is 10.1. The number of nitrogens with zero attached hydrogens (tertiary/aromatic N) is 2. The van der Waals surface area contributed by atoms with E-state index in [1.165, 1.54) is 6.07 Å². The van der Waals surface area contributed by atoms with Crippen molar-refractivity contribution in [2.45, 2.75) is 17.9 Å². The molecule has 0 aliphatic carbocycles. The summed E-state index contributed by atoms with van der Waals surface area (Å²) in [5.74, 6) is 0.663. The zero-order chi connectivity index (χ0) is 16.4. The average molecular weight is 333 g/mol. The second kappa shape index (κ2) is 5.98. The number of fused-ring (bicyclic) bond motifs is 1. The molecule has 0 aliphatic heterocycles. The molecule has 3 rings (SSSR count). The minimum Gasteiger partial charge on any atom is -0.497 e. The fourth-order valence-electron chi connectivity index (χ4n) is 2.27. The van der Waals surface area contributed by atoms with Crippen LogP contribution in [0, 0.1) is 0 Å². The minimum atomic E-state index is -3.78. The average Bonchev–Trinajstić information content (AvgIpc) is 3.02. The monoisotopic (exact) mass is 333 g/mol. The Labute approximate surface area is 133 Å². The van der Waals surface area contributed by atoms with Crippen molar-refractivity contribution in [3.63, 3.8) is 0 Å². The standard InChI is InChI=1S/C15H15N3O4S/c1-10(11-5-3-6-12(9-11)21-2)18-23(19,20)14-8-4-7-13-15(14)17-22-16-13/h3-10,18H,1-2H3/t10-/m1/s1. The molecule has 23 heavy (non-hydrogen) atoms. The molecule has 7 nitrogen and oxygen atoms in total. The largest absolute Gasteiger partial charge is 0.497 e. The summed E-state index contributed by atoms with van der Waals surface area (Å²) in [5.41, 5.74) is 1.39. The number of hydrogen-bond donors (Lipinski definition) is 1. The van der Waals surface area contributed by atoms with Gasteiger partial charge in [0.1, 0.15) is 16.2 Å². The molecule has 0 spiro atoms. The van der Waals surface area contributed by atoms with E-state index in [1.807, 2.05) is 6.07 Å². The van der Waals surface area contributed by atoms with Crippen LogP contribution >= 0.6 is 0 Å². The summed E-state index contributed by atoms with van der Waals surface area (Å²) in [6.07, 6.45) is 0. The van der Waals surface area contributed by atoms with Gasteiger partial charge in [0.25, 0.3) is 0 Å². The first-order valence-corrected chi connectivity index (χ1v) is 8.37. The Kier molecular flexibility index (Phi) is 4.01. The van der Waals surface area contributed by atoms with Crippen LogP contribution in [-0.2, 0) is 10.0 Å². The van der Waals surface area contributed by atoms with Crippen LogP contribution in [0.4, 0.5) is 0 Å². The number of rotatable bonds is 5. The number of benzene rings is 2. The third kappa shape index (κ3) is 3.03. The van der Waals surface area contributed by atoms with Gasteiger partial charge in [0.05, 0.1) is 7.11 Å². The van der Waals surface area contributed by atoms with Crippen molar-refractivity contribution in [3.8, 4) is 5.75 Å². The van der Waals surface area contributed by atoms with E-state index in [-0.39, 0.29) is 10.4 Å². The van der Waals surface area contributed by atoms with Crippen LogP contribution in [0.3, 0.4) is 0 Å². The quantitative estimate of drug-likeness (QED) is 0.770. The Balaban J connectivity index is 1.93. The highest BCUT2D eigenvalue weighted by Gasteiger charge is 2.23. The van der Waals surface area contributed by atoms with E-state index in [4.69, 9.17) is 4.74 Å². The molecule has 120 valence electrons. The normalized spacial score (nSPS) is 13.1. The van der Waals surface area contributed by atoms with Gasteiger partial charge in [-0.1, -0.05) is 18.2 Å². The molecule has 0 aliphatic rings. The molecule has 0 saturated heterocycles. The van der Waals surface area contributed by atoms with Crippen LogP contribution in [-0.4, -0.2) is 25.8 Å². The maximum atomic E-state index is 12.6. The first-order chi connectivity index (χ1) is 11.0. The zero-order valence-corrected chi connectivity index (χ0v) is 13.4. The number of nitrogens with one attached hydrogen (secondary N) is 1. The summed E-state index contributed by atoms with van der Waals surface area (Å²) in [4.78, 5) is 0.0333. The molecule has 0 fully saturated rings. The van der Waals surface area contributed by atoms with Gasteiger partial charge in [-0.15, -0.1) is 0 Å². The van der Waals surface area contributed by atoms with Crippen LogP contribution < -0.4 is 9.46 Å². The van der Waals surface area contributed by atoms with E-state index in [9.17, 15) is 8.42 Å². The fraction of sp³-hybridized carbons (Fsp3) is 0.200. The summed E-state index contributed by atoms with van der Waals surface area (Å²) in [7, 11) is -2.22. The SMILES string of the molecule is COc1cccc([C@@H](C)NS(=O)(=O)c2cccc3nonc23)c1. The predicted octanol–water partition coefficient (Wildman–Crippen LogP) is 2.27. The van der Waals surface area contributed by atoms with E-state index >= 15 is 0 Å². The lowest BCUT2D eigenvalue weighted by Gasteiger charge is -2.15. The Bertz CT molecular complexity index is 937. The molecule has 1 heterocycles. The second-order valence-electron chi connectivity index (χ2n) is 5.01. The van der Waals surface area contributed by atoms with Crippen molar-refractivity contribution in [3.05, 3.63) is 48.0 Å². The van der Waals surface area contributed by atoms with Gasteiger partial charge in [0.2, 0.25) is 10.0 Å². The molecule has 0 radical (unpaired) electrons. The Hall–Kier alpha value is -2.45. The third-order valence-corrected chi connectivity index (χ3v) is 5.04. The third-order valence-electron chi connectivity index (χ3n) is 3.46. The maximum absolute atomic E-state index is 12.6. The molecule has 1 N–H and O–H groups in total. The Morgan fingerprint density at radius 3 is 2.74 bits per heavy atom. The van der Waals surface area contributed by atoms with E-state index in [2.05, 4.69) is 19.7 Å². The van der Waals surface area contributed by atoms with Gasteiger partial charge in [0.15, 0.2) is 5.52 Å². The van der Waals surface area contributed by atoms with Gasteiger partial charge in [0, 0.05) is 6.04 Å². The van der Waals surface area contributed by atoms with Gasteiger partial charge in [-0.2, -0.15) is 0 Å². The van der Waals surface area contributed by atoms with Crippen LogP contribution in [0.5, 0.6) is 5.75 Å². The van der Waals surface area contributed by atoms with Crippen molar-refractivity contribution < 1.29 is 17.8 Å². The fourth-order valence-corrected chi connectivity index (χ4v) is 3.66. The number of aromatic nitrogens is 2. The molecule has 8 heteroatoms. The van der Waals surface area contributed by atoms with Crippen molar-refractivity contribution in [1.29, 1.82) is 0 Å². The van der Waals surface area contributed by atoms with Crippen LogP contribution in [0.25, 0.3) is 11.0 Å². The number of sulfonamides is 1. The maximum Gasteiger partial charge on any atom is 0.243 e. The number of methoxy groups -OCH3 is 1. The van der Waals surface area contributed by atoms with E-state index in [0.29, 0.717) is 11.3 Å². The van der Waals surface area contributed by atoms with Gasteiger partial charge in [-0.25, -0.2) is 17.8 Å². The summed E-state index contributed by atoms with van der Waals surface area (Å²) in [6, 6.07) is 11.5. The molecule has 0 amide bonds. The highest BCUT2D eigenvalue weighted by atomic mass is 32.2. The minimum absolute atomic E-state index is 0.0333. The van der Waals surface area contributed by atoms with Gasteiger partial charge in [-0.3, -0.25) is 0 Å². The van der Waals surface area contributed by atoms with Crippen molar-refractivity contribution >= 4 is 21.1 Å². The molecular formula is C15H15N3O4S. The smallest absolute Gasteiger partial charge is 0.243 e. The first-order valence-electron chi connectivity index (χ1n) is 6.89. The van der Waals surface area contributed by atoms with Gasteiger partial charge < -0.3 is 4.74 Å². The van der Waals surface area contributed by atoms with Gasteiger partial charge >= 0.3 is 0 Å².